The van der Waals surface area contributed by atoms with Crippen molar-refractivity contribution < 1.29 is 4.74 Å². The number of hydrogen-bond donors (Lipinski definition) is 1. The largest absolute Gasteiger partial charge is 0.455 e. The van der Waals surface area contributed by atoms with Crippen LogP contribution in [0.4, 0.5) is 5.69 Å². The maximum absolute atomic E-state index is 6.08. The lowest BCUT2D eigenvalue weighted by molar-refractivity contribution is 0.485. The Morgan fingerprint density at radius 3 is 2.67 bits per heavy atom. The quantitative estimate of drug-likeness (QED) is 0.695. The summed E-state index contributed by atoms with van der Waals surface area (Å²) in [6.45, 7) is 4.17. The maximum Gasteiger partial charge on any atom is 0.152 e. The highest BCUT2D eigenvalue weighted by Crippen LogP contribution is 2.34. The number of benzene rings is 2. The van der Waals surface area contributed by atoms with E-state index < -0.39 is 0 Å². The summed E-state index contributed by atoms with van der Waals surface area (Å²) in [4.78, 5) is 4.48. The van der Waals surface area contributed by atoms with Crippen LogP contribution in [0.25, 0.3) is 10.2 Å². The molecule has 2 N–H and O–H groups in total. The molecule has 0 aliphatic carbocycles. The van der Waals surface area contributed by atoms with Crippen LogP contribution >= 0.6 is 11.3 Å². The van der Waals surface area contributed by atoms with Gasteiger partial charge in [-0.3, -0.25) is 0 Å². The molecule has 3 nitrogen and oxygen atoms in total. The van der Waals surface area contributed by atoms with E-state index in [0.717, 1.165) is 33.8 Å². The number of anilines is 1. The highest BCUT2D eigenvalue weighted by molar-refractivity contribution is 7.18. The number of nitrogens with two attached hydrogens (primary N) is 1. The van der Waals surface area contributed by atoms with Crippen LogP contribution in [0.15, 0.2) is 36.4 Å². The van der Waals surface area contributed by atoms with Gasteiger partial charge in [0.25, 0.3) is 0 Å². The zero-order valence-electron chi connectivity index (χ0n) is 12.2. The molecule has 4 heteroatoms. The summed E-state index contributed by atoms with van der Waals surface area (Å²) in [6, 6.07) is 12.0. The minimum Gasteiger partial charge on any atom is -0.455 e. The van der Waals surface area contributed by atoms with Crippen molar-refractivity contribution in [1.29, 1.82) is 0 Å². The molecule has 0 radical (unpaired) electrons. The normalized spacial score (nSPS) is 11.0. The fourth-order valence-corrected chi connectivity index (χ4v) is 3.17. The fourth-order valence-electron chi connectivity index (χ4n) is 2.31. The van der Waals surface area contributed by atoms with E-state index in [1.165, 1.54) is 5.56 Å². The Morgan fingerprint density at radius 2 is 1.95 bits per heavy atom. The molecule has 0 atom stereocenters. The topological polar surface area (TPSA) is 48.1 Å². The van der Waals surface area contributed by atoms with Crippen molar-refractivity contribution >= 4 is 27.2 Å². The Hall–Kier alpha value is -2.07. The van der Waals surface area contributed by atoms with Crippen LogP contribution in [0.3, 0.4) is 0 Å². The predicted molar refractivity (Wildman–Crippen MR) is 89.3 cm³/mol. The highest BCUT2D eigenvalue weighted by atomic mass is 32.1. The van der Waals surface area contributed by atoms with Crippen LogP contribution in [-0.2, 0) is 6.42 Å². The molecule has 0 bridgehead atoms. The van der Waals surface area contributed by atoms with Gasteiger partial charge >= 0.3 is 0 Å². The SMILES string of the molecule is CCCc1ccc(Oc2cc3nc(C)sc3cc2N)cc1. The first kappa shape index (κ1) is 13.9. The molecule has 0 unspecified atom stereocenters. The second-order valence-electron chi connectivity index (χ2n) is 5.09. The van der Waals surface area contributed by atoms with Crippen LogP contribution in [0.1, 0.15) is 23.9 Å². The molecule has 0 saturated heterocycles. The van der Waals surface area contributed by atoms with E-state index in [1.54, 1.807) is 11.3 Å². The van der Waals surface area contributed by atoms with Gasteiger partial charge < -0.3 is 10.5 Å². The fraction of sp³-hybridized carbons (Fsp3) is 0.235. The van der Waals surface area contributed by atoms with Gasteiger partial charge in [0, 0.05) is 6.07 Å². The third-order valence-corrected chi connectivity index (χ3v) is 4.25. The van der Waals surface area contributed by atoms with Gasteiger partial charge in [-0.05, 0) is 37.1 Å². The number of fused-ring (bicyclic) bond motifs is 1. The lowest BCUT2D eigenvalue weighted by atomic mass is 10.1. The average molecular weight is 298 g/mol. The van der Waals surface area contributed by atoms with Crippen molar-refractivity contribution in [3.05, 3.63) is 47.0 Å². The van der Waals surface area contributed by atoms with Gasteiger partial charge in [-0.15, -0.1) is 11.3 Å². The molecule has 0 aliphatic heterocycles. The number of ether oxygens (including phenoxy) is 1. The minimum absolute atomic E-state index is 0.642. The van der Waals surface area contributed by atoms with Crippen LogP contribution in [-0.4, -0.2) is 4.98 Å². The van der Waals surface area contributed by atoms with Gasteiger partial charge in [-0.2, -0.15) is 0 Å². The molecule has 1 aromatic heterocycles. The van der Waals surface area contributed by atoms with Gasteiger partial charge in [-0.1, -0.05) is 25.5 Å². The number of hydrogen-bond acceptors (Lipinski definition) is 4. The molecular weight excluding hydrogens is 280 g/mol. The van der Waals surface area contributed by atoms with Crippen LogP contribution in [0.2, 0.25) is 0 Å². The molecular formula is C17H18N2OS. The monoisotopic (exact) mass is 298 g/mol. The molecule has 0 amide bonds. The Bertz CT molecular complexity index is 762. The number of rotatable bonds is 4. The number of aryl methyl sites for hydroxylation is 2. The molecule has 3 rings (SSSR count). The van der Waals surface area contributed by atoms with E-state index in [0.29, 0.717) is 11.4 Å². The molecule has 21 heavy (non-hydrogen) atoms. The zero-order valence-corrected chi connectivity index (χ0v) is 13.0. The molecule has 0 spiro atoms. The average Bonchev–Trinajstić information content (AvgIpc) is 2.81. The van der Waals surface area contributed by atoms with E-state index in [4.69, 9.17) is 10.5 Å². The number of aromatic nitrogens is 1. The van der Waals surface area contributed by atoms with E-state index in [-0.39, 0.29) is 0 Å². The summed E-state index contributed by atoms with van der Waals surface area (Å²) >= 11 is 1.64. The number of nitrogens with zero attached hydrogens (tertiary/aromatic N) is 1. The molecule has 0 aliphatic rings. The van der Waals surface area contributed by atoms with Crippen molar-refractivity contribution in [2.45, 2.75) is 26.7 Å². The second-order valence-corrected chi connectivity index (χ2v) is 6.32. The first-order valence-electron chi connectivity index (χ1n) is 7.09. The molecule has 3 aromatic rings. The Kier molecular flexibility index (Phi) is 3.80. The van der Waals surface area contributed by atoms with Crippen molar-refractivity contribution in [3.8, 4) is 11.5 Å². The van der Waals surface area contributed by atoms with Crippen LogP contribution < -0.4 is 10.5 Å². The van der Waals surface area contributed by atoms with Crippen molar-refractivity contribution in [2.24, 2.45) is 0 Å². The second kappa shape index (κ2) is 5.74. The minimum atomic E-state index is 0.642. The van der Waals surface area contributed by atoms with Crippen molar-refractivity contribution in [3.63, 3.8) is 0 Å². The summed E-state index contributed by atoms with van der Waals surface area (Å²) in [5.74, 6) is 1.46. The number of thiazole rings is 1. The lowest BCUT2D eigenvalue weighted by Gasteiger charge is -2.09. The molecule has 2 aromatic carbocycles. The van der Waals surface area contributed by atoms with Gasteiger partial charge in [0.1, 0.15) is 5.75 Å². The Morgan fingerprint density at radius 1 is 1.19 bits per heavy atom. The van der Waals surface area contributed by atoms with Crippen LogP contribution in [0.5, 0.6) is 11.5 Å². The zero-order chi connectivity index (χ0) is 14.8. The van der Waals surface area contributed by atoms with Gasteiger partial charge in [-0.25, -0.2) is 4.98 Å². The summed E-state index contributed by atoms with van der Waals surface area (Å²) in [5, 5.41) is 1.03. The van der Waals surface area contributed by atoms with E-state index in [9.17, 15) is 0 Å². The van der Waals surface area contributed by atoms with E-state index >= 15 is 0 Å². The Labute approximate surface area is 128 Å². The van der Waals surface area contributed by atoms with Crippen molar-refractivity contribution in [2.75, 3.05) is 5.73 Å². The molecule has 0 fully saturated rings. The third kappa shape index (κ3) is 3.00. The van der Waals surface area contributed by atoms with Crippen molar-refractivity contribution in [1.82, 2.24) is 4.98 Å². The number of nitrogen functional groups attached to an aromatic ring is 1. The summed E-state index contributed by atoms with van der Waals surface area (Å²) in [6.07, 6.45) is 2.24. The van der Waals surface area contributed by atoms with Gasteiger partial charge in [0.15, 0.2) is 5.75 Å². The van der Waals surface area contributed by atoms with E-state index in [2.05, 4.69) is 24.0 Å². The maximum atomic E-state index is 6.08. The smallest absolute Gasteiger partial charge is 0.152 e. The first-order valence-corrected chi connectivity index (χ1v) is 7.91. The standard InChI is InChI=1S/C17H18N2OS/c1-3-4-12-5-7-13(8-6-12)20-16-10-15-17(9-14(16)18)21-11(2)19-15/h5-10H,3-4,18H2,1-2H3. The van der Waals surface area contributed by atoms with Gasteiger partial charge in [0.2, 0.25) is 0 Å². The predicted octanol–water partition coefficient (Wildman–Crippen LogP) is 4.93. The molecule has 1 heterocycles. The summed E-state index contributed by atoms with van der Waals surface area (Å²) < 4.78 is 6.99. The van der Waals surface area contributed by atoms with Gasteiger partial charge in [0.05, 0.1) is 20.9 Å². The summed E-state index contributed by atoms with van der Waals surface area (Å²) in [5.41, 5.74) is 8.97. The van der Waals surface area contributed by atoms with E-state index in [1.807, 2.05) is 31.2 Å². The first-order chi connectivity index (χ1) is 10.2. The third-order valence-electron chi connectivity index (χ3n) is 3.32. The molecule has 108 valence electrons. The highest BCUT2D eigenvalue weighted by Gasteiger charge is 2.08. The van der Waals surface area contributed by atoms with Crippen LogP contribution in [0, 0.1) is 6.92 Å². The summed E-state index contributed by atoms with van der Waals surface area (Å²) in [7, 11) is 0. The lowest BCUT2D eigenvalue weighted by Crippen LogP contribution is -1.92. The Balaban J connectivity index is 1.88. The molecule has 0 saturated carbocycles.